The summed E-state index contributed by atoms with van der Waals surface area (Å²) in [5, 5.41) is -0.540. The average Bonchev–Trinajstić information content (AvgIpc) is 1.54. The Kier molecular flexibility index (Phi) is 11.2. The van der Waals surface area contributed by atoms with E-state index >= 15 is 0 Å². The molecular formula is C110H95N15O20. The van der Waals surface area contributed by atoms with Gasteiger partial charge in [0.15, 0.2) is 57.5 Å². The largest absolute Gasteiger partial charge is 0.454 e. The van der Waals surface area contributed by atoms with Crippen LogP contribution in [0.1, 0.15) is 188 Å². The van der Waals surface area contributed by atoms with Gasteiger partial charge in [0.2, 0.25) is 92.9 Å². The molecule has 30 rings (SSSR count). The van der Waals surface area contributed by atoms with E-state index in [1.165, 1.54) is 48.5 Å². The van der Waals surface area contributed by atoms with Crippen LogP contribution < -0.4 is 47.4 Å². The summed E-state index contributed by atoms with van der Waals surface area (Å²) in [6.07, 6.45) is -14.2. The van der Waals surface area contributed by atoms with Crippen molar-refractivity contribution < 1.29 is 169 Å². The minimum atomic E-state index is -3.25. The smallest absolute Gasteiger partial charge is 0.245 e. The van der Waals surface area contributed by atoms with Gasteiger partial charge in [-0.15, -0.1) is 0 Å². The molecule has 15 aliphatic rings. The van der Waals surface area contributed by atoms with Crippen LogP contribution in [0.5, 0.6) is 57.5 Å². The van der Waals surface area contributed by atoms with Crippen LogP contribution in [0.4, 0.5) is 0 Å². The van der Waals surface area contributed by atoms with Crippen molar-refractivity contribution >= 4 is 114 Å². The molecule has 5 saturated heterocycles. The number of piperazine rings is 5. The van der Waals surface area contributed by atoms with Gasteiger partial charge in [0.05, 0.1) is 94.3 Å². The average molecular weight is 2000 g/mol. The number of carbonyl (C=O) groups is 10. The quantitative estimate of drug-likeness (QED) is 0.107. The van der Waals surface area contributed by atoms with Crippen molar-refractivity contribution in [3.05, 3.63) is 296 Å². The highest BCUT2D eigenvalue weighted by Crippen LogP contribution is 2.53. The minimum absolute atomic E-state index is 0.0136. The number of hydrogen-bond donors (Lipinski definition) is 5. The second-order valence-electron chi connectivity index (χ2n) is 33.6. The molecule has 20 heterocycles. The second-order valence-corrected chi connectivity index (χ2v) is 33.6. The summed E-state index contributed by atoms with van der Waals surface area (Å²) in [5.41, 5.74) is -5.15. The minimum Gasteiger partial charge on any atom is -0.454 e. The van der Waals surface area contributed by atoms with E-state index in [9.17, 15) is 54.8 Å². The summed E-state index contributed by atoms with van der Waals surface area (Å²) in [7, 11) is 0. The molecule has 145 heavy (non-hydrogen) atoms. The number of para-hydroxylation sites is 5. The zero-order valence-electron chi connectivity index (χ0n) is 127. The third-order valence-electron chi connectivity index (χ3n) is 25.5. The first-order chi connectivity index (χ1) is 91.9. The number of hydrogen-bond acceptors (Lipinski definition) is 20. The molecule has 10 atom stereocenters. The highest BCUT2D eigenvalue weighted by molar-refractivity contribution is 6.03. The first-order valence-corrected chi connectivity index (χ1v) is 43.6. The standard InChI is InChI=1S/5C22H19N3O4/c5*1-24-10-19(26)25-16(22(24)27)9-14-13-4-2-3-5-15(13)23-20(14)21(25)12-6-7-17-18(8-12)29-11-28-17/h5*2-8,16,21,23H,9-11H2,1H3/t5*16-,21-/m11111/s1/i1D3,2D,3D,4D,5D,6D,7D,8D,9D2,11D2,21D;1D3,2D,3D,4D,5D,9D2,11D2,21D;1D3,2D,3D,4D,5D,9D2,21D;1D3,6D,7D,8D,9D2,21D;1D3,9D2,11D2,21D. The van der Waals surface area contributed by atoms with Crippen LogP contribution in [0.15, 0.2) is 212 Å². The van der Waals surface area contributed by atoms with E-state index in [0.29, 0.717) is 51.6 Å². The summed E-state index contributed by atoms with van der Waals surface area (Å²) < 4.78 is 505. The van der Waals surface area contributed by atoms with Crippen LogP contribution in [0.3, 0.4) is 0 Å². The Labute approximate surface area is 902 Å². The van der Waals surface area contributed by atoms with Crippen LogP contribution in [0.2, 0.25) is 0 Å². The summed E-state index contributed by atoms with van der Waals surface area (Å²) in [4.78, 5) is 155. The van der Waals surface area contributed by atoms with E-state index in [2.05, 4.69) is 24.9 Å². The van der Waals surface area contributed by atoms with Crippen molar-refractivity contribution in [2.45, 2.75) is 92.2 Å². The molecule has 0 unspecified atom stereocenters. The van der Waals surface area contributed by atoms with E-state index in [1.54, 1.807) is 48.5 Å². The molecule has 5 aromatic heterocycles. The van der Waals surface area contributed by atoms with Crippen LogP contribution in [0, 0.1) is 0 Å². The highest BCUT2D eigenvalue weighted by atomic mass is 16.7. The number of amides is 10. The summed E-state index contributed by atoms with van der Waals surface area (Å²) in [5.74, 6) is -13.4. The maximum Gasteiger partial charge on any atom is 0.245 e. The molecule has 15 aromatic rings. The maximum absolute atomic E-state index is 13.8. The second kappa shape index (κ2) is 33.9. The number of ether oxygens (including phenoxy) is 10. The summed E-state index contributed by atoms with van der Waals surface area (Å²) >= 11 is 0. The fourth-order valence-corrected chi connectivity index (χ4v) is 19.1. The molecule has 0 bridgehead atoms. The fourth-order valence-electron chi connectivity index (χ4n) is 19.1. The number of benzene rings is 10. The van der Waals surface area contributed by atoms with Gasteiger partial charge in [0.1, 0.15) is 38.4 Å². The van der Waals surface area contributed by atoms with Crippen molar-refractivity contribution in [2.75, 3.05) is 101 Å². The number of H-pyrrole nitrogens is 5. The van der Waals surface area contributed by atoms with Gasteiger partial charge in [-0.25, -0.2) is 0 Å². The lowest BCUT2D eigenvalue weighted by atomic mass is 9.86. The lowest BCUT2D eigenvalue weighted by molar-refractivity contribution is -0.157. The molecule has 5 fully saturated rings. The summed E-state index contributed by atoms with van der Waals surface area (Å²) in [6, 6.07) is -11.4. The Morgan fingerprint density at radius 3 is 0.897 bits per heavy atom. The SMILES string of the molecule is [2H]C1([2H])Oc2ccc([C@]3([2H])c4[nH]c5ccccc5c4C([2H])([2H])[C@@H]4C(=O)N(C([2H])([2H])[2H])CC(=O)N43)cc2O1.[2H]c1c([2H])c([2H])c2c3c([nH]c2c1[2H])[C@@]([2H])(c1ccc2c(c1)OC([2H])([2H])O2)N1C(=O)CN(C([2H])([2H])[2H])C(=O)[C@H]1C3([2H])[2H].[2H]c1c([2H])c([2H])c2c3c([nH]c2c1[2H])[C@@]([2H])(c1ccc2c(c1)OCO2)N1C(=O)CN(C([2H])([2H])[2H])C(=O)[C@H]1C3([2H])[2H].[2H]c1c([2H])c([C@]2([2H])c3[nH]c4c([2H])c([2H])c([2H])c([2H])c4c3C([2H])([2H])[C@@H]3C(=O)N(C([2H])([2H])[2H])CC(=O)N32)c([2H])c2c1OC([2H])([2H])O2.[2H]c1c([2H])c([C@]2([2H])c3[nH]c4ccccc4c3C([2H])([2H])[C@@H]3C(=O)N(C([2H])([2H])[2H])CC(=O)N32)c([2H])c2c1OCO2. The van der Waals surface area contributed by atoms with Gasteiger partial charge < -0.3 is 121 Å². The fraction of sp³-hybridized carbons (Fsp3) is 0.273. The number of nitrogens with zero attached hydrogens (tertiary/aromatic N) is 10. The monoisotopic (exact) mass is 2000 g/mol. The predicted molar refractivity (Wildman–Crippen MR) is 523 cm³/mol. The number of likely N-dealkylation sites (N-methyl/N-ethyl adjacent to an activating group) is 5. The third kappa shape index (κ3) is 14.2. The Balaban J connectivity index is 0.000000117. The molecule has 35 nitrogen and oxygen atoms in total. The molecular weight excluding hydrogens is 1850 g/mol. The molecule has 0 aliphatic carbocycles. The van der Waals surface area contributed by atoms with Crippen molar-refractivity contribution in [3.63, 3.8) is 0 Å². The van der Waals surface area contributed by atoms with Crippen molar-refractivity contribution in [3.8, 4) is 57.5 Å². The van der Waals surface area contributed by atoms with Gasteiger partial charge in [-0.1, -0.05) is 121 Å². The molecule has 35 heteroatoms. The number of aromatic nitrogens is 5. The predicted octanol–water partition coefficient (Wildman–Crippen LogP) is 11.1. The topological polar surface area (TPSA) is 374 Å². The molecule has 0 saturated carbocycles. The normalized spacial score (nSPS) is 33.9. The van der Waals surface area contributed by atoms with Gasteiger partial charge in [0.25, 0.3) is 0 Å². The number of carbonyl (C=O) groups excluding carboxylic acids is 10. The van der Waals surface area contributed by atoms with Gasteiger partial charge in [-0.05, 0) is 146 Å². The molecule has 0 spiro atoms. The molecule has 15 aliphatic heterocycles. The van der Waals surface area contributed by atoms with E-state index in [1.807, 2.05) is 0 Å². The van der Waals surface area contributed by atoms with Crippen LogP contribution in [-0.4, -0.2) is 265 Å². The van der Waals surface area contributed by atoms with Crippen LogP contribution in [-0.2, 0) is 79.8 Å². The van der Waals surface area contributed by atoms with Crippen molar-refractivity contribution in [2.24, 2.45) is 0 Å². The zero-order chi connectivity index (χ0) is 146. The number of nitrogens with one attached hydrogen (secondary N) is 5. The lowest BCUT2D eigenvalue weighted by Gasteiger charge is -2.46. The van der Waals surface area contributed by atoms with Crippen molar-refractivity contribution in [1.82, 2.24) is 73.9 Å². The molecule has 0 radical (unpaired) electrons. The molecule has 10 amide bonds. The Morgan fingerprint density at radius 1 is 0.276 bits per heavy atom. The van der Waals surface area contributed by atoms with E-state index in [4.69, 9.17) is 115 Å². The van der Waals surface area contributed by atoms with Crippen LogP contribution >= 0.6 is 0 Å². The first kappa shape index (κ1) is 47.9. The van der Waals surface area contributed by atoms with Gasteiger partial charge in [0, 0.05) is 184 Å². The number of fused-ring (bicyclic) bond motifs is 25. The van der Waals surface area contributed by atoms with Crippen LogP contribution in [0.25, 0.3) is 54.5 Å². The molecule has 5 N–H and O–H groups in total. The zero-order valence-corrected chi connectivity index (χ0v) is 73.3. The number of aromatic amines is 5. The molecule has 10 aromatic carbocycles. The first-order valence-electron chi connectivity index (χ1n) is 70.6. The Morgan fingerprint density at radius 2 is 0.538 bits per heavy atom. The van der Waals surface area contributed by atoms with E-state index < -0.39 is 409 Å². The molecule has 730 valence electrons. The van der Waals surface area contributed by atoms with Gasteiger partial charge >= 0.3 is 0 Å². The summed E-state index contributed by atoms with van der Waals surface area (Å²) in [6.45, 7) is -28.8. The Bertz CT molecular complexity index is 11000. The maximum atomic E-state index is 13.8. The van der Waals surface area contributed by atoms with Gasteiger partial charge in [-0.3, -0.25) is 47.9 Å². The highest BCUT2D eigenvalue weighted by Gasteiger charge is 2.55. The van der Waals surface area contributed by atoms with Gasteiger partial charge in [-0.2, -0.15) is 0 Å². The number of rotatable bonds is 5. The van der Waals surface area contributed by atoms with E-state index in [0.717, 1.165) is 11.0 Å². The van der Waals surface area contributed by atoms with Crippen molar-refractivity contribution in [1.29, 1.82) is 0 Å². The Hall–Kier alpha value is -17.4. The third-order valence-corrected chi connectivity index (χ3v) is 25.5. The lowest BCUT2D eigenvalue weighted by Crippen LogP contribution is -2.62. The van der Waals surface area contributed by atoms with E-state index in [-0.39, 0.29) is 141 Å².